The van der Waals surface area contributed by atoms with Crippen LogP contribution in [0.4, 0.5) is 4.39 Å². The van der Waals surface area contributed by atoms with Crippen molar-refractivity contribution in [1.29, 1.82) is 0 Å². The fourth-order valence-electron chi connectivity index (χ4n) is 2.24. The van der Waals surface area contributed by atoms with Crippen molar-refractivity contribution in [3.05, 3.63) is 23.6 Å². The van der Waals surface area contributed by atoms with Crippen molar-refractivity contribution in [2.75, 3.05) is 6.54 Å². The molecule has 0 aliphatic heterocycles. The normalized spacial score (nSPS) is 16.1. The smallest absolute Gasteiger partial charge is 0.250 e. The maximum Gasteiger partial charge on any atom is 0.250 e. The first-order valence-electron chi connectivity index (χ1n) is 6.82. The van der Waals surface area contributed by atoms with Crippen LogP contribution in [0.1, 0.15) is 44.6 Å². The number of pyridine rings is 1. The summed E-state index contributed by atoms with van der Waals surface area (Å²) in [6.07, 6.45) is 7.17. The van der Waals surface area contributed by atoms with Crippen LogP contribution in [-0.2, 0) is 6.54 Å². The summed E-state index contributed by atoms with van der Waals surface area (Å²) in [4.78, 5) is 4.01. The van der Waals surface area contributed by atoms with Crippen LogP contribution in [0.15, 0.2) is 12.3 Å². The molecule has 4 heteroatoms. The molecule has 1 fully saturated rings. The highest BCUT2D eigenvalue weighted by Crippen LogP contribution is 2.25. The van der Waals surface area contributed by atoms with Crippen LogP contribution in [0.3, 0.4) is 0 Å². The lowest BCUT2D eigenvalue weighted by molar-refractivity contribution is 0.191. The highest BCUT2D eigenvalue weighted by molar-refractivity contribution is 5.23. The van der Waals surface area contributed by atoms with Gasteiger partial charge in [-0.1, -0.05) is 6.92 Å². The van der Waals surface area contributed by atoms with E-state index in [-0.39, 0.29) is 17.8 Å². The van der Waals surface area contributed by atoms with Crippen LogP contribution in [0.2, 0.25) is 0 Å². The fraction of sp³-hybridized carbons (Fsp3) is 0.643. The van der Waals surface area contributed by atoms with Gasteiger partial charge in [-0.3, -0.25) is 0 Å². The van der Waals surface area contributed by atoms with Gasteiger partial charge in [-0.25, -0.2) is 9.37 Å². The number of hydrogen-bond acceptors (Lipinski definition) is 3. The highest BCUT2D eigenvalue weighted by Gasteiger charge is 2.19. The molecule has 0 saturated heterocycles. The lowest BCUT2D eigenvalue weighted by Crippen LogP contribution is -2.17. The van der Waals surface area contributed by atoms with E-state index in [2.05, 4.69) is 17.2 Å². The SMILES string of the molecule is CCCNCc1ccnc(OC2CCCC2)c1F. The van der Waals surface area contributed by atoms with E-state index in [9.17, 15) is 4.39 Å². The zero-order valence-corrected chi connectivity index (χ0v) is 10.9. The molecule has 0 aromatic carbocycles. The summed E-state index contributed by atoms with van der Waals surface area (Å²) in [6.45, 7) is 3.51. The Morgan fingerprint density at radius 2 is 2.22 bits per heavy atom. The molecule has 0 spiro atoms. The Bertz CT molecular complexity index is 378. The maximum atomic E-state index is 14.1. The number of hydrogen-bond donors (Lipinski definition) is 1. The Morgan fingerprint density at radius 3 is 2.94 bits per heavy atom. The van der Waals surface area contributed by atoms with Crippen molar-refractivity contribution >= 4 is 0 Å². The van der Waals surface area contributed by atoms with Crippen molar-refractivity contribution in [1.82, 2.24) is 10.3 Å². The molecule has 1 aromatic heterocycles. The van der Waals surface area contributed by atoms with Crippen molar-refractivity contribution in [2.45, 2.75) is 51.7 Å². The third kappa shape index (κ3) is 3.42. The van der Waals surface area contributed by atoms with Gasteiger partial charge in [-0.15, -0.1) is 0 Å². The van der Waals surface area contributed by atoms with Crippen LogP contribution >= 0.6 is 0 Å². The summed E-state index contributed by atoms with van der Waals surface area (Å²) in [5, 5.41) is 3.19. The van der Waals surface area contributed by atoms with Gasteiger partial charge >= 0.3 is 0 Å². The highest BCUT2D eigenvalue weighted by atomic mass is 19.1. The molecule has 0 atom stereocenters. The first kappa shape index (κ1) is 13.3. The average molecular weight is 252 g/mol. The van der Waals surface area contributed by atoms with Crippen LogP contribution in [0, 0.1) is 5.82 Å². The molecule has 0 radical (unpaired) electrons. The molecule has 1 N–H and O–H groups in total. The van der Waals surface area contributed by atoms with E-state index in [4.69, 9.17) is 4.74 Å². The molecule has 1 aliphatic carbocycles. The van der Waals surface area contributed by atoms with Crippen LogP contribution in [0.25, 0.3) is 0 Å². The molecule has 0 unspecified atom stereocenters. The second-order valence-corrected chi connectivity index (χ2v) is 4.79. The van der Waals surface area contributed by atoms with E-state index in [1.165, 1.54) is 12.8 Å². The van der Waals surface area contributed by atoms with Gasteiger partial charge in [0.25, 0.3) is 5.88 Å². The van der Waals surface area contributed by atoms with Gasteiger partial charge in [0, 0.05) is 18.3 Å². The molecule has 100 valence electrons. The maximum absolute atomic E-state index is 14.1. The zero-order chi connectivity index (χ0) is 12.8. The van der Waals surface area contributed by atoms with E-state index in [1.54, 1.807) is 12.3 Å². The minimum Gasteiger partial charge on any atom is -0.472 e. The van der Waals surface area contributed by atoms with E-state index in [0.29, 0.717) is 12.1 Å². The third-order valence-corrected chi connectivity index (χ3v) is 3.26. The largest absolute Gasteiger partial charge is 0.472 e. The Labute approximate surface area is 108 Å². The summed E-state index contributed by atoms with van der Waals surface area (Å²) in [5.74, 6) is -0.147. The summed E-state index contributed by atoms with van der Waals surface area (Å²) in [6, 6.07) is 1.71. The summed E-state index contributed by atoms with van der Waals surface area (Å²) in [5.41, 5.74) is 0.631. The van der Waals surface area contributed by atoms with Crippen molar-refractivity contribution < 1.29 is 9.13 Å². The number of aromatic nitrogens is 1. The van der Waals surface area contributed by atoms with Crippen molar-refractivity contribution in [3.63, 3.8) is 0 Å². The van der Waals surface area contributed by atoms with Crippen molar-refractivity contribution in [2.24, 2.45) is 0 Å². The lowest BCUT2D eigenvalue weighted by atomic mass is 10.2. The number of nitrogens with zero attached hydrogens (tertiary/aromatic N) is 1. The molecule has 3 nitrogen and oxygen atoms in total. The number of ether oxygens (including phenoxy) is 1. The lowest BCUT2D eigenvalue weighted by Gasteiger charge is -2.14. The number of nitrogens with one attached hydrogen (secondary N) is 1. The molecule has 2 rings (SSSR count). The molecular weight excluding hydrogens is 231 g/mol. The molecule has 1 saturated carbocycles. The Kier molecular flexibility index (Phi) is 4.93. The predicted molar refractivity (Wildman–Crippen MR) is 69.1 cm³/mol. The average Bonchev–Trinajstić information content (AvgIpc) is 2.87. The number of halogens is 1. The van der Waals surface area contributed by atoms with Gasteiger partial charge in [0.1, 0.15) is 6.10 Å². The predicted octanol–water partition coefficient (Wildman–Crippen LogP) is 3.04. The minimum absolute atomic E-state index is 0.144. The third-order valence-electron chi connectivity index (χ3n) is 3.26. The fourth-order valence-corrected chi connectivity index (χ4v) is 2.24. The van der Waals surface area contributed by atoms with Gasteiger partial charge in [0.2, 0.25) is 0 Å². The zero-order valence-electron chi connectivity index (χ0n) is 10.9. The van der Waals surface area contributed by atoms with Gasteiger partial charge in [-0.05, 0) is 44.7 Å². The quantitative estimate of drug-likeness (QED) is 0.790. The summed E-state index contributed by atoms with van der Waals surface area (Å²) >= 11 is 0. The molecule has 1 aliphatic rings. The molecule has 1 heterocycles. The van der Waals surface area contributed by atoms with E-state index >= 15 is 0 Å². The Hall–Kier alpha value is -1.16. The second kappa shape index (κ2) is 6.69. The molecule has 18 heavy (non-hydrogen) atoms. The van der Waals surface area contributed by atoms with E-state index in [1.807, 2.05) is 0 Å². The van der Waals surface area contributed by atoms with Gasteiger partial charge < -0.3 is 10.1 Å². The number of rotatable bonds is 6. The monoisotopic (exact) mass is 252 g/mol. The van der Waals surface area contributed by atoms with E-state index < -0.39 is 0 Å². The van der Waals surface area contributed by atoms with Gasteiger partial charge in [0.15, 0.2) is 5.82 Å². The minimum atomic E-state index is -0.312. The summed E-state index contributed by atoms with van der Waals surface area (Å²) < 4.78 is 19.8. The Morgan fingerprint density at radius 1 is 1.44 bits per heavy atom. The summed E-state index contributed by atoms with van der Waals surface area (Å²) in [7, 11) is 0. The van der Waals surface area contributed by atoms with Gasteiger partial charge in [0.05, 0.1) is 0 Å². The molecule has 1 aromatic rings. The van der Waals surface area contributed by atoms with Crippen LogP contribution < -0.4 is 10.1 Å². The standard InChI is InChI=1S/C14H21FN2O/c1-2-8-16-10-11-7-9-17-14(13(11)15)18-12-5-3-4-6-12/h7,9,12,16H,2-6,8,10H2,1H3. The van der Waals surface area contributed by atoms with Crippen molar-refractivity contribution in [3.8, 4) is 5.88 Å². The topological polar surface area (TPSA) is 34.2 Å². The van der Waals surface area contributed by atoms with Crippen LogP contribution in [-0.4, -0.2) is 17.6 Å². The molecule has 0 bridgehead atoms. The first-order valence-corrected chi connectivity index (χ1v) is 6.82. The molecular formula is C14H21FN2O. The second-order valence-electron chi connectivity index (χ2n) is 4.79. The Balaban J connectivity index is 1.99. The van der Waals surface area contributed by atoms with Crippen LogP contribution in [0.5, 0.6) is 5.88 Å². The molecule has 0 amide bonds. The first-order chi connectivity index (χ1) is 8.81. The van der Waals surface area contributed by atoms with E-state index in [0.717, 1.165) is 25.8 Å². The van der Waals surface area contributed by atoms with Gasteiger partial charge in [-0.2, -0.15) is 0 Å².